The lowest BCUT2D eigenvalue weighted by atomic mass is 10.0. The molecule has 0 aliphatic carbocycles. The first-order valence-corrected chi connectivity index (χ1v) is 7.40. The largest absolute Gasteiger partial charge is 0.272 e. The van der Waals surface area contributed by atoms with Crippen molar-refractivity contribution in [1.29, 1.82) is 0 Å². The number of hydrazone groups is 1. The minimum absolute atomic E-state index is 0.267. The smallest absolute Gasteiger partial charge is 0.267 e. The third-order valence-electron chi connectivity index (χ3n) is 3.68. The molecule has 0 spiro atoms. The summed E-state index contributed by atoms with van der Waals surface area (Å²) in [6, 6.07) is 17.7. The van der Waals surface area contributed by atoms with Gasteiger partial charge in [0, 0.05) is 17.5 Å². The first kappa shape index (κ1) is 14.9. The number of carbonyl (C=O) groups excluding carboxylic acids is 1. The average molecular weight is 303 g/mol. The molecule has 1 amide bonds. The van der Waals surface area contributed by atoms with Crippen LogP contribution < -0.4 is 5.43 Å². The van der Waals surface area contributed by atoms with E-state index in [-0.39, 0.29) is 5.91 Å². The van der Waals surface area contributed by atoms with Gasteiger partial charge in [-0.1, -0.05) is 42.5 Å². The van der Waals surface area contributed by atoms with E-state index >= 15 is 0 Å². The van der Waals surface area contributed by atoms with Crippen molar-refractivity contribution in [3.05, 3.63) is 77.6 Å². The summed E-state index contributed by atoms with van der Waals surface area (Å²) in [5, 5.41) is 6.49. The molecule has 0 atom stereocenters. The predicted octanol–water partition coefficient (Wildman–Crippen LogP) is 3.70. The van der Waals surface area contributed by atoms with Gasteiger partial charge >= 0.3 is 0 Å². The molecule has 4 heteroatoms. The third-order valence-corrected chi connectivity index (χ3v) is 3.68. The molecular formula is C19H17N3O. The highest BCUT2D eigenvalue weighted by Gasteiger charge is 2.07. The Bertz CT molecular complexity index is 877. The molecule has 3 rings (SSSR count). The Labute approximate surface area is 134 Å². The molecule has 0 aliphatic heterocycles. The molecule has 23 heavy (non-hydrogen) atoms. The maximum absolute atomic E-state index is 12.1. The number of benzene rings is 2. The van der Waals surface area contributed by atoms with E-state index in [2.05, 4.69) is 33.7 Å². The van der Waals surface area contributed by atoms with Crippen LogP contribution in [0.2, 0.25) is 0 Å². The maximum atomic E-state index is 12.1. The molecule has 0 unspecified atom stereocenters. The van der Waals surface area contributed by atoms with Gasteiger partial charge in [-0.05, 0) is 36.8 Å². The van der Waals surface area contributed by atoms with E-state index in [0.717, 1.165) is 27.7 Å². The second-order valence-electron chi connectivity index (χ2n) is 5.35. The van der Waals surface area contributed by atoms with Crippen molar-refractivity contribution in [2.75, 3.05) is 0 Å². The van der Waals surface area contributed by atoms with Crippen molar-refractivity contribution in [1.82, 2.24) is 10.4 Å². The SMILES string of the molecule is C/C(=N\NC(=O)c1ccc(C)nc1)c1cccc2ccccc12. The maximum Gasteiger partial charge on any atom is 0.272 e. The zero-order chi connectivity index (χ0) is 16.2. The highest BCUT2D eigenvalue weighted by molar-refractivity contribution is 6.10. The summed E-state index contributed by atoms with van der Waals surface area (Å²) in [4.78, 5) is 16.2. The Morgan fingerprint density at radius 1 is 1.04 bits per heavy atom. The number of carbonyl (C=O) groups is 1. The first-order chi connectivity index (χ1) is 11.1. The lowest BCUT2D eigenvalue weighted by Crippen LogP contribution is -2.19. The Morgan fingerprint density at radius 3 is 2.61 bits per heavy atom. The Kier molecular flexibility index (Phi) is 4.15. The highest BCUT2D eigenvalue weighted by atomic mass is 16.2. The van der Waals surface area contributed by atoms with Crippen LogP contribution in [0, 0.1) is 6.92 Å². The number of nitrogens with one attached hydrogen (secondary N) is 1. The fraction of sp³-hybridized carbons (Fsp3) is 0.105. The molecular weight excluding hydrogens is 286 g/mol. The van der Waals surface area contributed by atoms with E-state index in [0.29, 0.717) is 5.56 Å². The molecule has 1 aromatic heterocycles. The van der Waals surface area contributed by atoms with Gasteiger partial charge in [-0.2, -0.15) is 5.10 Å². The second-order valence-corrected chi connectivity index (χ2v) is 5.35. The van der Waals surface area contributed by atoms with Gasteiger partial charge in [0.2, 0.25) is 0 Å². The molecule has 0 aliphatic rings. The van der Waals surface area contributed by atoms with Gasteiger partial charge in [0.1, 0.15) is 0 Å². The van der Waals surface area contributed by atoms with E-state index in [4.69, 9.17) is 0 Å². The summed E-state index contributed by atoms with van der Waals surface area (Å²) in [7, 11) is 0. The summed E-state index contributed by atoms with van der Waals surface area (Å²) in [5.41, 5.74) is 5.72. The highest BCUT2D eigenvalue weighted by Crippen LogP contribution is 2.19. The van der Waals surface area contributed by atoms with Crippen LogP contribution in [0.15, 0.2) is 65.9 Å². The van der Waals surface area contributed by atoms with E-state index in [1.807, 2.05) is 38.1 Å². The molecule has 0 saturated heterocycles. The van der Waals surface area contributed by atoms with E-state index < -0.39 is 0 Å². The van der Waals surface area contributed by atoms with E-state index in [1.54, 1.807) is 18.3 Å². The van der Waals surface area contributed by atoms with Gasteiger partial charge in [-0.25, -0.2) is 5.43 Å². The van der Waals surface area contributed by atoms with E-state index in [1.165, 1.54) is 0 Å². The molecule has 4 nitrogen and oxygen atoms in total. The Balaban J connectivity index is 1.84. The third kappa shape index (κ3) is 3.26. The summed E-state index contributed by atoms with van der Waals surface area (Å²) >= 11 is 0. The lowest BCUT2D eigenvalue weighted by molar-refractivity contribution is 0.0954. The fourth-order valence-electron chi connectivity index (χ4n) is 2.40. The zero-order valence-corrected chi connectivity index (χ0v) is 13.1. The number of pyridine rings is 1. The standard InChI is InChI=1S/C19H17N3O/c1-13-10-11-16(12-20-13)19(23)22-21-14(2)17-9-5-7-15-6-3-4-8-18(15)17/h3-12H,1-2H3,(H,22,23)/b21-14+. The van der Waals surface area contributed by atoms with Crippen LogP contribution >= 0.6 is 0 Å². The number of hydrogen-bond acceptors (Lipinski definition) is 3. The second kappa shape index (κ2) is 6.40. The Hall–Kier alpha value is -3.01. The van der Waals surface area contributed by atoms with Crippen LogP contribution in [-0.4, -0.2) is 16.6 Å². The molecule has 1 N–H and O–H groups in total. The fourth-order valence-corrected chi connectivity index (χ4v) is 2.40. The average Bonchev–Trinajstić information content (AvgIpc) is 2.59. The van der Waals surface area contributed by atoms with Gasteiger partial charge in [-0.15, -0.1) is 0 Å². The molecule has 0 bridgehead atoms. The summed E-state index contributed by atoms with van der Waals surface area (Å²) in [6.07, 6.45) is 1.55. The molecule has 0 radical (unpaired) electrons. The van der Waals surface area contributed by atoms with Crippen molar-refractivity contribution in [3.63, 3.8) is 0 Å². The molecule has 0 saturated carbocycles. The van der Waals surface area contributed by atoms with Crippen molar-refractivity contribution >= 4 is 22.4 Å². The number of nitrogens with zero attached hydrogens (tertiary/aromatic N) is 2. The number of aryl methyl sites for hydroxylation is 1. The van der Waals surface area contributed by atoms with Gasteiger partial charge in [0.15, 0.2) is 0 Å². The van der Waals surface area contributed by atoms with Crippen molar-refractivity contribution in [2.24, 2.45) is 5.10 Å². The number of hydrogen-bond donors (Lipinski definition) is 1. The van der Waals surface area contributed by atoms with Gasteiger partial charge in [0.25, 0.3) is 5.91 Å². The number of fused-ring (bicyclic) bond motifs is 1. The normalized spacial score (nSPS) is 11.5. The molecule has 1 heterocycles. The van der Waals surface area contributed by atoms with E-state index in [9.17, 15) is 4.79 Å². The molecule has 0 fully saturated rings. The predicted molar refractivity (Wildman–Crippen MR) is 92.6 cm³/mol. The van der Waals surface area contributed by atoms with Crippen LogP contribution in [-0.2, 0) is 0 Å². The summed E-state index contributed by atoms with van der Waals surface area (Å²) in [6.45, 7) is 3.76. The monoisotopic (exact) mass is 303 g/mol. The minimum atomic E-state index is -0.267. The zero-order valence-electron chi connectivity index (χ0n) is 13.1. The van der Waals surface area contributed by atoms with Gasteiger partial charge < -0.3 is 0 Å². The number of amides is 1. The van der Waals surface area contributed by atoms with Crippen molar-refractivity contribution < 1.29 is 4.79 Å². The Morgan fingerprint density at radius 2 is 1.83 bits per heavy atom. The van der Waals surface area contributed by atoms with Crippen LogP contribution in [0.3, 0.4) is 0 Å². The van der Waals surface area contributed by atoms with Crippen LogP contribution in [0.1, 0.15) is 28.5 Å². The van der Waals surface area contributed by atoms with Crippen LogP contribution in [0.5, 0.6) is 0 Å². The molecule has 3 aromatic rings. The topological polar surface area (TPSA) is 54.4 Å². The molecule has 2 aromatic carbocycles. The minimum Gasteiger partial charge on any atom is -0.267 e. The number of aromatic nitrogens is 1. The molecule has 114 valence electrons. The van der Waals surface area contributed by atoms with Crippen LogP contribution in [0.25, 0.3) is 10.8 Å². The first-order valence-electron chi connectivity index (χ1n) is 7.40. The van der Waals surface area contributed by atoms with Crippen LogP contribution in [0.4, 0.5) is 0 Å². The van der Waals surface area contributed by atoms with Crippen molar-refractivity contribution in [3.8, 4) is 0 Å². The van der Waals surface area contributed by atoms with Crippen molar-refractivity contribution in [2.45, 2.75) is 13.8 Å². The van der Waals surface area contributed by atoms with Gasteiger partial charge in [0.05, 0.1) is 11.3 Å². The summed E-state index contributed by atoms with van der Waals surface area (Å²) in [5.74, 6) is -0.267. The van der Waals surface area contributed by atoms with Gasteiger partial charge in [-0.3, -0.25) is 9.78 Å². The summed E-state index contributed by atoms with van der Waals surface area (Å²) < 4.78 is 0. The lowest BCUT2D eigenvalue weighted by Gasteiger charge is -2.07. The number of rotatable bonds is 3. The quantitative estimate of drug-likeness (QED) is 0.592.